The molecule has 15 heavy (non-hydrogen) atoms. The van der Waals surface area contributed by atoms with E-state index in [-0.39, 0.29) is 5.66 Å². The Hall–Kier alpha value is -0.860. The van der Waals surface area contributed by atoms with Gasteiger partial charge in [-0.05, 0) is 32.3 Å². The van der Waals surface area contributed by atoms with Gasteiger partial charge in [0.2, 0.25) is 0 Å². The first kappa shape index (κ1) is 10.7. The molecule has 0 unspecified atom stereocenters. The van der Waals surface area contributed by atoms with E-state index in [9.17, 15) is 0 Å². The Morgan fingerprint density at radius 1 is 1.27 bits per heavy atom. The molecule has 1 aromatic rings. The van der Waals surface area contributed by atoms with Crippen LogP contribution in [0.25, 0.3) is 0 Å². The molecule has 0 aliphatic carbocycles. The highest BCUT2D eigenvalue weighted by Crippen LogP contribution is 2.12. The average molecular weight is 204 g/mol. The third-order valence-electron chi connectivity index (χ3n) is 2.98. The summed E-state index contributed by atoms with van der Waals surface area (Å²) in [6, 6.07) is 11.3. The summed E-state index contributed by atoms with van der Waals surface area (Å²) in [6.45, 7) is 5.46. The molecule has 1 atom stereocenters. The molecule has 2 rings (SSSR count). The predicted octanol–water partition coefficient (Wildman–Crippen LogP) is 1.92. The molecule has 0 amide bonds. The van der Waals surface area contributed by atoms with Crippen LogP contribution in [0, 0.1) is 0 Å². The van der Waals surface area contributed by atoms with Gasteiger partial charge in [-0.15, -0.1) is 0 Å². The first-order chi connectivity index (χ1) is 7.16. The van der Waals surface area contributed by atoms with Crippen LogP contribution in [0.2, 0.25) is 0 Å². The number of nitrogens with one attached hydrogen (secondary N) is 2. The van der Waals surface area contributed by atoms with Crippen LogP contribution in [0.1, 0.15) is 25.8 Å². The van der Waals surface area contributed by atoms with Crippen molar-refractivity contribution in [3.8, 4) is 0 Å². The van der Waals surface area contributed by atoms with Gasteiger partial charge in [0.05, 0.1) is 5.66 Å². The van der Waals surface area contributed by atoms with Crippen molar-refractivity contribution in [1.82, 2.24) is 10.6 Å². The van der Waals surface area contributed by atoms with E-state index >= 15 is 0 Å². The summed E-state index contributed by atoms with van der Waals surface area (Å²) in [5, 5.41) is 7.06. The SMILES string of the molecule is CC1(C)NC[C@H](CCc2ccccc2)N1. The van der Waals surface area contributed by atoms with Gasteiger partial charge < -0.3 is 0 Å². The predicted molar refractivity (Wildman–Crippen MR) is 63.8 cm³/mol. The Balaban J connectivity index is 1.80. The third kappa shape index (κ3) is 3.05. The Bertz CT molecular complexity index is 306. The molecular weight excluding hydrogens is 184 g/mol. The standard InChI is InChI=1S/C13H20N2/c1-13(2)14-10-12(15-13)9-8-11-6-4-3-5-7-11/h3-7,12,14-15H,8-10H2,1-2H3/t12-/m0/s1. The van der Waals surface area contributed by atoms with Crippen LogP contribution in [0.4, 0.5) is 0 Å². The number of hydrogen-bond acceptors (Lipinski definition) is 2. The second-order valence-electron chi connectivity index (χ2n) is 4.87. The van der Waals surface area contributed by atoms with Crippen molar-refractivity contribution >= 4 is 0 Å². The van der Waals surface area contributed by atoms with Crippen LogP contribution in [-0.2, 0) is 6.42 Å². The van der Waals surface area contributed by atoms with Crippen LogP contribution in [0.15, 0.2) is 30.3 Å². The molecule has 82 valence electrons. The molecule has 1 saturated heterocycles. The van der Waals surface area contributed by atoms with Crippen LogP contribution in [-0.4, -0.2) is 18.2 Å². The highest BCUT2D eigenvalue weighted by atomic mass is 15.3. The van der Waals surface area contributed by atoms with Gasteiger partial charge in [-0.1, -0.05) is 30.3 Å². The van der Waals surface area contributed by atoms with Crippen molar-refractivity contribution in [3.63, 3.8) is 0 Å². The van der Waals surface area contributed by atoms with E-state index < -0.39 is 0 Å². The first-order valence-corrected chi connectivity index (χ1v) is 5.72. The monoisotopic (exact) mass is 204 g/mol. The molecule has 2 nitrogen and oxygen atoms in total. The van der Waals surface area contributed by atoms with E-state index in [1.165, 1.54) is 12.0 Å². The molecule has 0 radical (unpaired) electrons. The Labute approximate surface area is 92.1 Å². The maximum Gasteiger partial charge on any atom is 0.0632 e. The molecule has 2 heteroatoms. The Morgan fingerprint density at radius 3 is 2.60 bits per heavy atom. The average Bonchev–Trinajstić information content (AvgIpc) is 2.57. The van der Waals surface area contributed by atoms with E-state index in [1.807, 2.05) is 0 Å². The van der Waals surface area contributed by atoms with Gasteiger partial charge in [0.15, 0.2) is 0 Å². The second kappa shape index (κ2) is 4.33. The van der Waals surface area contributed by atoms with E-state index in [1.54, 1.807) is 0 Å². The fourth-order valence-electron chi connectivity index (χ4n) is 2.15. The van der Waals surface area contributed by atoms with Gasteiger partial charge in [-0.3, -0.25) is 10.6 Å². The fraction of sp³-hybridized carbons (Fsp3) is 0.538. The molecule has 0 aromatic heterocycles. The van der Waals surface area contributed by atoms with Crippen LogP contribution >= 0.6 is 0 Å². The molecule has 1 fully saturated rings. The number of hydrogen-bond donors (Lipinski definition) is 2. The summed E-state index contributed by atoms with van der Waals surface area (Å²) in [7, 11) is 0. The number of rotatable bonds is 3. The van der Waals surface area contributed by atoms with Crippen LogP contribution in [0.5, 0.6) is 0 Å². The lowest BCUT2D eigenvalue weighted by atomic mass is 10.1. The summed E-state index contributed by atoms with van der Waals surface area (Å²) in [6.07, 6.45) is 2.37. The Kier molecular flexibility index (Phi) is 3.08. The maximum absolute atomic E-state index is 3.59. The molecule has 1 aliphatic rings. The van der Waals surface area contributed by atoms with E-state index in [0.717, 1.165) is 13.0 Å². The van der Waals surface area contributed by atoms with Crippen LogP contribution in [0.3, 0.4) is 0 Å². The second-order valence-corrected chi connectivity index (χ2v) is 4.87. The zero-order valence-corrected chi connectivity index (χ0v) is 9.59. The molecule has 1 aliphatic heterocycles. The smallest absolute Gasteiger partial charge is 0.0632 e. The molecule has 1 heterocycles. The molecule has 0 saturated carbocycles. The summed E-state index contributed by atoms with van der Waals surface area (Å²) in [5.74, 6) is 0. The summed E-state index contributed by atoms with van der Waals surface area (Å²) in [5.41, 5.74) is 1.55. The molecule has 1 aromatic carbocycles. The minimum atomic E-state index is 0.112. The maximum atomic E-state index is 3.59. The highest BCUT2D eigenvalue weighted by molar-refractivity contribution is 5.15. The highest BCUT2D eigenvalue weighted by Gasteiger charge is 2.28. The number of benzene rings is 1. The van der Waals surface area contributed by atoms with Crippen molar-refractivity contribution in [2.75, 3.05) is 6.54 Å². The molecule has 0 spiro atoms. The van der Waals surface area contributed by atoms with Gasteiger partial charge in [0, 0.05) is 12.6 Å². The fourth-order valence-corrected chi connectivity index (χ4v) is 2.15. The number of aryl methyl sites for hydroxylation is 1. The van der Waals surface area contributed by atoms with Gasteiger partial charge >= 0.3 is 0 Å². The quantitative estimate of drug-likeness (QED) is 0.786. The van der Waals surface area contributed by atoms with Gasteiger partial charge in [0.25, 0.3) is 0 Å². The first-order valence-electron chi connectivity index (χ1n) is 5.72. The zero-order valence-electron chi connectivity index (χ0n) is 9.59. The normalized spacial score (nSPS) is 24.3. The Morgan fingerprint density at radius 2 is 2.00 bits per heavy atom. The lowest BCUT2D eigenvalue weighted by Gasteiger charge is -2.19. The summed E-state index contributed by atoms with van der Waals surface area (Å²) >= 11 is 0. The van der Waals surface area contributed by atoms with Crippen LogP contribution < -0.4 is 10.6 Å². The van der Waals surface area contributed by atoms with Crippen molar-refractivity contribution < 1.29 is 0 Å². The lowest BCUT2D eigenvalue weighted by Crippen LogP contribution is -2.43. The zero-order chi connectivity index (χ0) is 10.7. The molecule has 2 N–H and O–H groups in total. The van der Waals surface area contributed by atoms with Crippen molar-refractivity contribution in [2.45, 2.75) is 38.4 Å². The van der Waals surface area contributed by atoms with Crippen molar-refractivity contribution in [3.05, 3.63) is 35.9 Å². The van der Waals surface area contributed by atoms with E-state index in [0.29, 0.717) is 6.04 Å². The third-order valence-corrected chi connectivity index (χ3v) is 2.98. The minimum absolute atomic E-state index is 0.112. The summed E-state index contributed by atoms with van der Waals surface area (Å²) in [4.78, 5) is 0. The molecule has 0 bridgehead atoms. The van der Waals surface area contributed by atoms with Gasteiger partial charge in [-0.25, -0.2) is 0 Å². The van der Waals surface area contributed by atoms with Gasteiger partial charge in [0.1, 0.15) is 0 Å². The lowest BCUT2D eigenvalue weighted by molar-refractivity contribution is 0.388. The van der Waals surface area contributed by atoms with Crippen molar-refractivity contribution in [2.24, 2.45) is 0 Å². The summed E-state index contributed by atoms with van der Waals surface area (Å²) < 4.78 is 0. The van der Waals surface area contributed by atoms with Crippen molar-refractivity contribution in [1.29, 1.82) is 0 Å². The van der Waals surface area contributed by atoms with Gasteiger partial charge in [-0.2, -0.15) is 0 Å². The van der Waals surface area contributed by atoms with E-state index in [2.05, 4.69) is 54.8 Å². The minimum Gasteiger partial charge on any atom is -0.298 e. The molecular formula is C13H20N2. The van der Waals surface area contributed by atoms with E-state index in [4.69, 9.17) is 0 Å². The largest absolute Gasteiger partial charge is 0.298 e. The topological polar surface area (TPSA) is 24.1 Å².